The van der Waals surface area contributed by atoms with Crippen molar-refractivity contribution in [1.29, 1.82) is 0 Å². The second-order valence-corrected chi connectivity index (χ2v) is 4.04. The average Bonchev–Trinajstić information content (AvgIpc) is 2.82. The van der Waals surface area contributed by atoms with E-state index in [2.05, 4.69) is 10.3 Å². The predicted molar refractivity (Wildman–Crippen MR) is 66.8 cm³/mol. The summed E-state index contributed by atoms with van der Waals surface area (Å²) >= 11 is 0. The molecular weight excluding hydrogens is 230 g/mol. The lowest BCUT2D eigenvalue weighted by Gasteiger charge is -2.03. The number of nitrogens with zero attached hydrogens (tertiary/aromatic N) is 3. The van der Waals surface area contributed by atoms with Crippen LogP contribution in [0, 0.1) is 13.8 Å². The van der Waals surface area contributed by atoms with Gasteiger partial charge in [0.1, 0.15) is 0 Å². The smallest absolute Gasteiger partial charge is 0.360 e. The van der Waals surface area contributed by atoms with Crippen molar-refractivity contribution in [3.05, 3.63) is 41.2 Å². The predicted octanol–water partition coefficient (Wildman–Crippen LogP) is 2.06. The molecule has 2 rings (SSSR count). The van der Waals surface area contributed by atoms with E-state index in [0.29, 0.717) is 6.61 Å². The van der Waals surface area contributed by atoms with Crippen LogP contribution in [0.25, 0.3) is 5.69 Å². The summed E-state index contributed by atoms with van der Waals surface area (Å²) in [6.45, 7) is 6.16. The molecule has 0 amide bonds. The fourth-order valence-corrected chi connectivity index (χ4v) is 1.56. The first kappa shape index (κ1) is 12.3. The number of ether oxygens (including phenoxy) is 1. The number of carbonyl (C=O) groups is 1. The van der Waals surface area contributed by atoms with Gasteiger partial charge >= 0.3 is 5.97 Å². The Bertz CT molecular complexity index is 575. The zero-order chi connectivity index (χ0) is 13.1. The highest BCUT2D eigenvalue weighted by Crippen LogP contribution is 2.13. The molecule has 5 heteroatoms. The van der Waals surface area contributed by atoms with Gasteiger partial charge in [-0.1, -0.05) is 11.3 Å². The second-order valence-electron chi connectivity index (χ2n) is 4.04. The average molecular weight is 245 g/mol. The van der Waals surface area contributed by atoms with Crippen molar-refractivity contribution >= 4 is 5.97 Å². The van der Waals surface area contributed by atoms with Crippen LogP contribution in [0.4, 0.5) is 0 Å². The second kappa shape index (κ2) is 5.00. The standard InChI is InChI=1S/C13H15N3O2/c1-4-18-13(17)12-8-16(15-14-12)11-6-5-9(2)10(3)7-11/h5-8H,4H2,1-3H3. The van der Waals surface area contributed by atoms with E-state index in [1.807, 2.05) is 32.0 Å². The summed E-state index contributed by atoms with van der Waals surface area (Å²) in [5, 5.41) is 7.73. The van der Waals surface area contributed by atoms with Gasteiger partial charge in [-0.15, -0.1) is 5.10 Å². The molecule has 0 aliphatic heterocycles. The summed E-state index contributed by atoms with van der Waals surface area (Å²) in [5.74, 6) is -0.451. The summed E-state index contributed by atoms with van der Waals surface area (Å²) in [5.41, 5.74) is 3.47. The van der Waals surface area contributed by atoms with Crippen molar-refractivity contribution in [1.82, 2.24) is 15.0 Å². The molecule has 0 atom stereocenters. The summed E-state index contributed by atoms with van der Waals surface area (Å²) in [4.78, 5) is 11.5. The number of rotatable bonds is 3. The molecule has 0 saturated carbocycles. The van der Waals surface area contributed by atoms with Crippen molar-refractivity contribution in [3.63, 3.8) is 0 Å². The number of benzene rings is 1. The molecule has 0 radical (unpaired) electrons. The van der Waals surface area contributed by atoms with Crippen LogP contribution in [-0.2, 0) is 4.74 Å². The van der Waals surface area contributed by atoms with Crippen molar-refractivity contribution < 1.29 is 9.53 Å². The molecule has 2 aromatic rings. The Morgan fingerprint density at radius 1 is 1.33 bits per heavy atom. The Morgan fingerprint density at radius 3 is 2.78 bits per heavy atom. The zero-order valence-electron chi connectivity index (χ0n) is 10.7. The van der Waals surface area contributed by atoms with Gasteiger partial charge in [0.15, 0.2) is 5.69 Å². The van der Waals surface area contributed by atoms with Crippen LogP contribution in [-0.4, -0.2) is 27.6 Å². The Kier molecular flexibility index (Phi) is 3.41. The van der Waals surface area contributed by atoms with E-state index in [4.69, 9.17) is 4.74 Å². The summed E-state index contributed by atoms with van der Waals surface area (Å²) in [6.07, 6.45) is 1.57. The van der Waals surface area contributed by atoms with Gasteiger partial charge in [-0.05, 0) is 44.0 Å². The number of carbonyl (C=O) groups excluding carboxylic acids is 1. The topological polar surface area (TPSA) is 57.0 Å². The van der Waals surface area contributed by atoms with Gasteiger partial charge in [-0.3, -0.25) is 0 Å². The maximum Gasteiger partial charge on any atom is 0.360 e. The van der Waals surface area contributed by atoms with Gasteiger partial charge in [0.05, 0.1) is 18.5 Å². The number of aromatic nitrogens is 3. The third-order valence-electron chi connectivity index (χ3n) is 2.73. The molecular formula is C13H15N3O2. The zero-order valence-corrected chi connectivity index (χ0v) is 10.7. The lowest BCUT2D eigenvalue weighted by atomic mass is 10.1. The summed E-state index contributed by atoms with van der Waals surface area (Å²) < 4.78 is 6.43. The first-order chi connectivity index (χ1) is 8.61. The molecule has 0 aliphatic carbocycles. The van der Waals surface area contributed by atoms with Crippen LogP contribution < -0.4 is 0 Å². The SMILES string of the molecule is CCOC(=O)c1cn(-c2ccc(C)c(C)c2)nn1. The van der Waals surface area contributed by atoms with Gasteiger partial charge in [0, 0.05) is 0 Å². The van der Waals surface area contributed by atoms with Gasteiger partial charge < -0.3 is 4.74 Å². The van der Waals surface area contributed by atoms with Crippen LogP contribution in [0.1, 0.15) is 28.5 Å². The van der Waals surface area contributed by atoms with Crippen LogP contribution in [0.5, 0.6) is 0 Å². The molecule has 1 aromatic carbocycles. The van der Waals surface area contributed by atoms with Crippen LogP contribution >= 0.6 is 0 Å². The third kappa shape index (κ3) is 2.40. The minimum absolute atomic E-state index is 0.218. The van der Waals surface area contributed by atoms with Crippen LogP contribution in [0.2, 0.25) is 0 Å². The van der Waals surface area contributed by atoms with Gasteiger partial charge in [-0.25, -0.2) is 9.48 Å². The third-order valence-corrected chi connectivity index (χ3v) is 2.73. The highest BCUT2D eigenvalue weighted by molar-refractivity contribution is 5.86. The van der Waals surface area contributed by atoms with E-state index in [-0.39, 0.29) is 5.69 Å². The van der Waals surface area contributed by atoms with Gasteiger partial charge in [-0.2, -0.15) is 0 Å². The number of hydrogen-bond donors (Lipinski definition) is 0. The summed E-state index contributed by atoms with van der Waals surface area (Å²) in [6, 6.07) is 5.95. The number of esters is 1. The molecule has 94 valence electrons. The molecule has 0 aliphatic rings. The van der Waals surface area contributed by atoms with Crippen molar-refractivity contribution in [2.24, 2.45) is 0 Å². The van der Waals surface area contributed by atoms with Crippen molar-refractivity contribution in [3.8, 4) is 5.69 Å². The number of hydrogen-bond acceptors (Lipinski definition) is 4. The quantitative estimate of drug-likeness (QED) is 0.777. The highest BCUT2D eigenvalue weighted by atomic mass is 16.5. The Labute approximate surface area is 105 Å². The summed E-state index contributed by atoms with van der Waals surface area (Å²) in [7, 11) is 0. The highest BCUT2D eigenvalue weighted by Gasteiger charge is 2.12. The number of aryl methyl sites for hydroxylation is 2. The molecule has 0 N–H and O–H groups in total. The monoisotopic (exact) mass is 245 g/mol. The Balaban J connectivity index is 2.29. The minimum Gasteiger partial charge on any atom is -0.461 e. The Hall–Kier alpha value is -2.17. The van der Waals surface area contributed by atoms with Gasteiger partial charge in [0.2, 0.25) is 0 Å². The van der Waals surface area contributed by atoms with E-state index >= 15 is 0 Å². The molecule has 0 spiro atoms. The molecule has 0 bridgehead atoms. The fourth-order valence-electron chi connectivity index (χ4n) is 1.56. The van der Waals surface area contributed by atoms with Crippen LogP contribution in [0.3, 0.4) is 0 Å². The minimum atomic E-state index is -0.451. The first-order valence-corrected chi connectivity index (χ1v) is 5.79. The van der Waals surface area contributed by atoms with E-state index < -0.39 is 5.97 Å². The maximum atomic E-state index is 11.5. The molecule has 1 aromatic heterocycles. The fraction of sp³-hybridized carbons (Fsp3) is 0.308. The normalized spacial score (nSPS) is 10.4. The first-order valence-electron chi connectivity index (χ1n) is 5.79. The van der Waals surface area contributed by atoms with E-state index in [1.54, 1.807) is 17.8 Å². The lowest BCUT2D eigenvalue weighted by Crippen LogP contribution is -2.04. The van der Waals surface area contributed by atoms with Crippen molar-refractivity contribution in [2.45, 2.75) is 20.8 Å². The molecule has 5 nitrogen and oxygen atoms in total. The Morgan fingerprint density at radius 2 is 2.11 bits per heavy atom. The van der Waals surface area contributed by atoms with Crippen molar-refractivity contribution in [2.75, 3.05) is 6.61 Å². The lowest BCUT2D eigenvalue weighted by molar-refractivity contribution is 0.0519. The molecule has 0 saturated heterocycles. The van der Waals surface area contributed by atoms with Crippen LogP contribution in [0.15, 0.2) is 24.4 Å². The molecule has 0 unspecified atom stereocenters. The van der Waals surface area contributed by atoms with E-state index in [0.717, 1.165) is 5.69 Å². The van der Waals surface area contributed by atoms with E-state index in [1.165, 1.54) is 11.1 Å². The molecule has 18 heavy (non-hydrogen) atoms. The molecule has 0 fully saturated rings. The van der Waals surface area contributed by atoms with E-state index in [9.17, 15) is 4.79 Å². The largest absolute Gasteiger partial charge is 0.461 e. The molecule has 1 heterocycles. The maximum absolute atomic E-state index is 11.5. The van der Waals surface area contributed by atoms with Gasteiger partial charge in [0.25, 0.3) is 0 Å².